The van der Waals surface area contributed by atoms with Gasteiger partial charge in [-0.15, -0.1) is 0 Å². The Morgan fingerprint density at radius 3 is 2.00 bits per heavy atom. The van der Waals surface area contributed by atoms with Gasteiger partial charge in [0.15, 0.2) is 0 Å². The molecular weight excluding hydrogens is 260 g/mol. The highest BCUT2D eigenvalue weighted by Gasteiger charge is 2.23. The van der Waals surface area contributed by atoms with Gasteiger partial charge in [-0.2, -0.15) is 0 Å². The molecule has 2 aromatic rings. The van der Waals surface area contributed by atoms with Crippen molar-refractivity contribution in [1.82, 2.24) is 0 Å². The zero-order valence-electron chi connectivity index (χ0n) is 12.0. The van der Waals surface area contributed by atoms with E-state index in [0.29, 0.717) is 5.92 Å². The summed E-state index contributed by atoms with van der Waals surface area (Å²) in [7, 11) is 0. The quantitative estimate of drug-likeness (QED) is 0.783. The maximum Gasteiger partial charge on any atom is 0.123 e. The van der Waals surface area contributed by atoms with Gasteiger partial charge in [-0.05, 0) is 42.0 Å². The zero-order valence-corrected chi connectivity index (χ0v) is 12.0. The Balaban J connectivity index is 1.86. The van der Waals surface area contributed by atoms with Gasteiger partial charge in [0.25, 0.3) is 0 Å². The van der Waals surface area contributed by atoms with Crippen molar-refractivity contribution in [3.8, 4) is 11.5 Å². The Hall–Kier alpha value is -2.22. The van der Waals surface area contributed by atoms with Crippen LogP contribution in [0.1, 0.15) is 48.3 Å². The minimum absolute atomic E-state index is 0.217. The first-order chi connectivity index (χ1) is 10.2. The van der Waals surface area contributed by atoms with Crippen molar-refractivity contribution in [3.63, 3.8) is 0 Å². The molecule has 2 N–H and O–H groups in total. The van der Waals surface area contributed by atoms with Gasteiger partial charge < -0.3 is 10.2 Å². The maximum atomic E-state index is 10.2. The van der Waals surface area contributed by atoms with Gasteiger partial charge in [0, 0.05) is 5.56 Å². The van der Waals surface area contributed by atoms with Crippen molar-refractivity contribution in [1.29, 1.82) is 0 Å². The highest BCUT2D eigenvalue weighted by Crippen LogP contribution is 2.43. The van der Waals surface area contributed by atoms with E-state index in [2.05, 4.69) is 0 Å². The fraction of sp³-hybridized carbons (Fsp3) is 0.263. The fourth-order valence-corrected chi connectivity index (χ4v) is 3.13. The monoisotopic (exact) mass is 280 g/mol. The lowest BCUT2D eigenvalue weighted by Crippen LogP contribution is -1.94. The molecule has 1 aliphatic carbocycles. The molecule has 0 saturated heterocycles. The van der Waals surface area contributed by atoms with Crippen molar-refractivity contribution in [3.05, 3.63) is 59.2 Å². The van der Waals surface area contributed by atoms with Gasteiger partial charge in [-0.3, -0.25) is 0 Å². The first-order valence-corrected chi connectivity index (χ1v) is 7.53. The smallest absolute Gasteiger partial charge is 0.123 e. The number of rotatable bonds is 3. The number of phenolic OH excluding ortho intramolecular Hbond substituents is 2. The topological polar surface area (TPSA) is 40.5 Å². The van der Waals surface area contributed by atoms with Crippen LogP contribution in [0.2, 0.25) is 0 Å². The van der Waals surface area contributed by atoms with E-state index in [0.717, 1.165) is 29.5 Å². The molecule has 3 rings (SSSR count). The molecule has 2 heteroatoms. The summed E-state index contributed by atoms with van der Waals surface area (Å²) in [4.78, 5) is 0. The Bertz CT molecular complexity index is 615. The van der Waals surface area contributed by atoms with Crippen LogP contribution in [0.3, 0.4) is 0 Å². The van der Waals surface area contributed by atoms with Gasteiger partial charge in [-0.1, -0.05) is 55.3 Å². The number of hydrogen-bond acceptors (Lipinski definition) is 2. The van der Waals surface area contributed by atoms with Crippen molar-refractivity contribution < 1.29 is 10.2 Å². The Morgan fingerprint density at radius 1 is 0.810 bits per heavy atom. The predicted octanol–water partition coefficient (Wildman–Crippen LogP) is 4.93. The largest absolute Gasteiger partial charge is 0.507 e. The van der Waals surface area contributed by atoms with E-state index in [1.54, 1.807) is 12.1 Å². The molecule has 2 aromatic carbocycles. The minimum Gasteiger partial charge on any atom is -0.507 e. The molecule has 0 bridgehead atoms. The molecule has 0 amide bonds. The average Bonchev–Trinajstić information content (AvgIpc) is 2.99. The summed E-state index contributed by atoms with van der Waals surface area (Å²) in [6.45, 7) is 0. The summed E-state index contributed by atoms with van der Waals surface area (Å²) in [6.07, 6.45) is 8.36. The number of phenols is 2. The van der Waals surface area contributed by atoms with Gasteiger partial charge in [-0.25, -0.2) is 0 Å². The van der Waals surface area contributed by atoms with Crippen molar-refractivity contribution in [2.45, 2.75) is 31.6 Å². The summed E-state index contributed by atoms with van der Waals surface area (Å²) in [5.74, 6) is 0.737. The molecule has 21 heavy (non-hydrogen) atoms. The Kier molecular flexibility index (Phi) is 3.96. The number of hydrogen-bond donors (Lipinski definition) is 2. The third-order valence-corrected chi connectivity index (χ3v) is 4.19. The van der Waals surface area contributed by atoms with Crippen molar-refractivity contribution in [2.24, 2.45) is 0 Å². The maximum absolute atomic E-state index is 10.2. The molecule has 1 saturated carbocycles. The molecule has 0 aromatic heterocycles. The van der Waals surface area contributed by atoms with E-state index in [1.165, 1.54) is 12.8 Å². The van der Waals surface area contributed by atoms with E-state index in [1.807, 2.05) is 42.5 Å². The molecule has 0 heterocycles. The molecular formula is C19H20O2. The normalized spacial score (nSPS) is 15.8. The lowest BCUT2D eigenvalue weighted by Gasteiger charge is -2.14. The van der Waals surface area contributed by atoms with Crippen LogP contribution in [0.4, 0.5) is 0 Å². The second-order valence-electron chi connectivity index (χ2n) is 5.70. The van der Waals surface area contributed by atoms with Gasteiger partial charge >= 0.3 is 0 Å². The van der Waals surface area contributed by atoms with E-state index in [-0.39, 0.29) is 11.5 Å². The molecule has 108 valence electrons. The van der Waals surface area contributed by atoms with Crippen LogP contribution in [0, 0.1) is 0 Å². The first kappa shape index (κ1) is 13.7. The summed E-state index contributed by atoms with van der Waals surface area (Å²) >= 11 is 0. The van der Waals surface area contributed by atoms with E-state index in [4.69, 9.17) is 0 Å². The lowest BCUT2D eigenvalue weighted by atomic mass is 9.94. The van der Waals surface area contributed by atoms with Crippen LogP contribution in [0.5, 0.6) is 11.5 Å². The van der Waals surface area contributed by atoms with E-state index < -0.39 is 0 Å². The molecule has 1 fully saturated rings. The van der Waals surface area contributed by atoms with Gasteiger partial charge in [0.2, 0.25) is 0 Å². The van der Waals surface area contributed by atoms with Crippen molar-refractivity contribution >= 4 is 12.2 Å². The first-order valence-electron chi connectivity index (χ1n) is 7.53. The van der Waals surface area contributed by atoms with Crippen LogP contribution in [0.15, 0.2) is 42.5 Å². The highest BCUT2D eigenvalue weighted by atomic mass is 16.3. The zero-order chi connectivity index (χ0) is 14.7. The number of aromatic hydroxyl groups is 2. The summed E-state index contributed by atoms with van der Waals surface area (Å²) in [6, 6.07) is 13.5. The predicted molar refractivity (Wildman–Crippen MR) is 86.4 cm³/mol. The highest BCUT2D eigenvalue weighted by molar-refractivity contribution is 5.71. The molecule has 2 nitrogen and oxygen atoms in total. The lowest BCUT2D eigenvalue weighted by molar-refractivity contribution is 0.428. The molecule has 0 atom stereocenters. The minimum atomic E-state index is 0.217. The molecule has 0 spiro atoms. The van der Waals surface area contributed by atoms with Crippen LogP contribution >= 0.6 is 0 Å². The second kappa shape index (κ2) is 6.04. The molecule has 0 radical (unpaired) electrons. The van der Waals surface area contributed by atoms with E-state index in [9.17, 15) is 10.2 Å². The molecule has 0 aliphatic heterocycles. The second-order valence-corrected chi connectivity index (χ2v) is 5.70. The van der Waals surface area contributed by atoms with Crippen LogP contribution in [0.25, 0.3) is 12.2 Å². The standard InChI is InChI=1S/C19H20O2/c20-17-12-15(11-10-14-6-2-1-3-7-14)13-18(21)19(17)16-8-4-5-9-16/h1-3,6-7,10-13,16,20-21H,4-5,8-9H2/b11-10+. The summed E-state index contributed by atoms with van der Waals surface area (Å²) in [5, 5.41) is 20.5. The number of benzene rings is 2. The van der Waals surface area contributed by atoms with Gasteiger partial charge in [0.1, 0.15) is 11.5 Å². The fourth-order valence-electron chi connectivity index (χ4n) is 3.13. The van der Waals surface area contributed by atoms with E-state index >= 15 is 0 Å². The molecule has 0 unspecified atom stereocenters. The van der Waals surface area contributed by atoms with Crippen LogP contribution in [-0.2, 0) is 0 Å². The Labute approximate surface area is 125 Å². The van der Waals surface area contributed by atoms with Crippen LogP contribution in [-0.4, -0.2) is 10.2 Å². The van der Waals surface area contributed by atoms with Crippen molar-refractivity contribution in [2.75, 3.05) is 0 Å². The average molecular weight is 280 g/mol. The SMILES string of the molecule is Oc1cc(/C=C/c2ccccc2)cc(O)c1C1CCCC1. The summed E-state index contributed by atoms with van der Waals surface area (Å²) < 4.78 is 0. The van der Waals surface area contributed by atoms with Crippen LogP contribution < -0.4 is 0 Å². The third kappa shape index (κ3) is 3.10. The van der Waals surface area contributed by atoms with Gasteiger partial charge in [0.05, 0.1) is 0 Å². The molecule has 1 aliphatic rings. The third-order valence-electron chi connectivity index (χ3n) is 4.19. The summed E-state index contributed by atoms with van der Waals surface area (Å²) in [5.41, 5.74) is 2.64. The Morgan fingerprint density at radius 2 is 1.38 bits per heavy atom.